The van der Waals surface area contributed by atoms with Crippen LogP contribution in [-0.4, -0.2) is 41.7 Å². The minimum atomic E-state index is -0.672. The molecule has 0 bridgehead atoms. The van der Waals surface area contributed by atoms with E-state index in [0.717, 1.165) is 5.56 Å². The minimum Gasteiger partial charge on any atom is -0.444 e. The number of aromatic amines is 1. The summed E-state index contributed by atoms with van der Waals surface area (Å²) in [4.78, 5) is 15.1. The minimum absolute atomic E-state index is 0.122. The molecule has 11 nitrogen and oxygen atoms in total. The van der Waals surface area contributed by atoms with E-state index in [1.807, 2.05) is 35.2 Å². The number of hydrogen-bond acceptors (Lipinski definition) is 8. The lowest BCUT2D eigenvalue weighted by atomic mass is 10.2. The predicted octanol–water partition coefficient (Wildman–Crippen LogP) is 2.19. The average molecular weight is 421 g/mol. The second kappa shape index (κ2) is 7.82. The van der Waals surface area contributed by atoms with E-state index in [1.54, 1.807) is 6.07 Å². The monoisotopic (exact) mass is 421 g/mol. The molecule has 0 aliphatic carbocycles. The van der Waals surface area contributed by atoms with Gasteiger partial charge in [0.05, 0.1) is 13.1 Å². The lowest BCUT2D eigenvalue weighted by molar-refractivity contribution is 0.155. The Bertz CT molecular complexity index is 1190. The maximum Gasteiger partial charge on any atom is 0.411 e. The molecule has 0 spiro atoms. The first-order chi connectivity index (χ1) is 15.2. The first-order valence-electron chi connectivity index (χ1n) is 9.37. The lowest BCUT2D eigenvalue weighted by Gasteiger charge is -2.11. The van der Waals surface area contributed by atoms with Crippen molar-refractivity contribution in [3.05, 3.63) is 71.3 Å². The molecule has 2 aromatic carbocycles. The molecule has 0 saturated heterocycles. The van der Waals surface area contributed by atoms with Gasteiger partial charge in [-0.2, -0.15) is 15.4 Å². The van der Waals surface area contributed by atoms with Crippen molar-refractivity contribution in [3.8, 4) is 5.69 Å². The number of aromatic nitrogens is 7. The molecule has 31 heavy (non-hydrogen) atoms. The van der Waals surface area contributed by atoms with Crippen LogP contribution in [0.25, 0.3) is 5.69 Å². The van der Waals surface area contributed by atoms with E-state index in [4.69, 9.17) is 4.74 Å². The van der Waals surface area contributed by atoms with E-state index in [2.05, 4.69) is 36.1 Å². The van der Waals surface area contributed by atoms with Crippen LogP contribution in [0, 0.1) is 5.82 Å². The van der Waals surface area contributed by atoms with Gasteiger partial charge in [0, 0.05) is 5.69 Å². The summed E-state index contributed by atoms with van der Waals surface area (Å²) in [7, 11) is 0. The van der Waals surface area contributed by atoms with Crippen LogP contribution in [0.3, 0.4) is 0 Å². The van der Waals surface area contributed by atoms with Crippen LogP contribution in [0.4, 0.5) is 20.8 Å². The molecule has 1 amide bonds. The van der Waals surface area contributed by atoms with Crippen LogP contribution in [0.15, 0.2) is 48.5 Å². The van der Waals surface area contributed by atoms with Crippen molar-refractivity contribution in [3.63, 3.8) is 0 Å². The third-order valence-corrected chi connectivity index (χ3v) is 4.68. The summed E-state index contributed by atoms with van der Waals surface area (Å²) in [5, 5.41) is 25.0. The highest BCUT2D eigenvalue weighted by atomic mass is 19.1. The molecule has 0 saturated carbocycles. The second-order valence-electron chi connectivity index (χ2n) is 6.80. The Morgan fingerprint density at radius 3 is 2.58 bits per heavy atom. The third kappa shape index (κ3) is 3.90. The number of rotatable bonds is 5. The van der Waals surface area contributed by atoms with E-state index in [0.29, 0.717) is 30.4 Å². The van der Waals surface area contributed by atoms with Crippen LogP contribution in [0.5, 0.6) is 0 Å². The topological polar surface area (TPSA) is 127 Å². The van der Waals surface area contributed by atoms with Crippen molar-refractivity contribution < 1.29 is 13.9 Å². The number of carbonyl (C=O) groups excluding carboxylic acids is 1. The molecular formula is C19H16FN9O2. The van der Waals surface area contributed by atoms with Crippen LogP contribution in [0.2, 0.25) is 0 Å². The number of nitrogens with zero attached hydrogens (tertiary/aromatic N) is 7. The Morgan fingerprint density at radius 1 is 1.13 bits per heavy atom. The van der Waals surface area contributed by atoms with Gasteiger partial charge in [-0.25, -0.2) is 9.18 Å². The van der Waals surface area contributed by atoms with Gasteiger partial charge in [0.2, 0.25) is 0 Å². The van der Waals surface area contributed by atoms with E-state index in [9.17, 15) is 9.18 Å². The molecule has 0 unspecified atom stereocenters. The molecule has 2 N–H and O–H groups in total. The first kappa shape index (κ1) is 18.7. The number of nitrogens with one attached hydrogen (secondary N) is 2. The number of ether oxygens (including phenoxy) is 1. The molecular weight excluding hydrogens is 405 g/mol. The number of amides is 1. The van der Waals surface area contributed by atoms with Gasteiger partial charge < -0.3 is 9.64 Å². The highest BCUT2D eigenvalue weighted by Gasteiger charge is 2.27. The van der Waals surface area contributed by atoms with E-state index in [-0.39, 0.29) is 18.0 Å². The SMILES string of the molecule is O=C(Nc1ccc(-n2nc3c(n2)CN(c2nn[nH]n2)C3)c(F)c1)OCc1ccccc1. The van der Waals surface area contributed by atoms with Gasteiger partial charge in [0.15, 0.2) is 5.82 Å². The van der Waals surface area contributed by atoms with Gasteiger partial charge in [0.25, 0.3) is 5.95 Å². The number of carbonyl (C=O) groups is 1. The zero-order valence-electron chi connectivity index (χ0n) is 16.1. The number of H-pyrrole nitrogens is 1. The molecule has 1 aliphatic heterocycles. The summed E-state index contributed by atoms with van der Waals surface area (Å²) >= 11 is 0. The van der Waals surface area contributed by atoms with Crippen molar-refractivity contribution >= 4 is 17.7 Å². The third-order valence-electron chi connectivity index (χ3n) is 4.68. The molecule has 156 valence electrons. The molecule has 0 radical (unpaired) electrons. The summed E-state index contributed by atoms with van der Waals surface area (Å²) < 4.78 is 19.8. The molecule has 12 heteroatoms. The Labute approximate surface area is 174 Å². The Morgan fingerprint density at radius 2 is 1.90 bits per heavy atom. The summed E-state index contributed by atoms with van der Waals surface area (Å²) in [6.45, 7) is 1.02. The largest absolute Gasteiger partial charge is 0.444 e. The van der Waals surface area contributed by atoms with E-state index < -0.39 is 11.9 Å². The summed E-state index contributed by atoms with van der Waals surface area (Å²) in [6, 6.07) is 13.5. The van der Waals surface area contributed by atoms with Crippen LogP contribution >= 0.6 is 0 Å². The highest BCUT2D eigenvalue weighted by Crippen LogP contribution is 2.24. The zero-order chi connectivity index (χ0) is 21.2. The van der Waals surface area contributed by atoms with E-state index in [1.165, 1.54) is 16.9 Å². The number of anilines is 2. The molecule has 2 aromatic heterocycles. The molecule has 3 heterocycles. The van der Waals surface area contributed by atoms with Crippen LogP contribution in [-0.2, 0) is 24.4 Å². The molecule has 0 atom stereocenters. The first-order valence-corrected chi connectivity index (χ1v) is 9.37. The van der Waals surface area contributed by atoms with Gasteiger partial charge in [-0.15, -0.1) is 9.90 Å². The highest BCUT2D eigenvalue weighted by molar-refractivity contribution is 5.84. The lowest BCUT2D eigenvalue weighted by Crippen LogP contribution is -2.18. The standard InChI is InChI=1S/C19H16FN9O2/c20-14-8-13(21-19(30)31-11-12-4-2-1-3-5-12)6-7-17(14)29-24-15-9-28(10-16(15)25-29)18-22-26-27-23-18/h1-8H,9-11H2,(H,21,30)(H,22,23,26,27). The fraction of sp³-hybridized carbons (Fsp3) is 0.158. The molecule has 1 aliphatic rings. The van der Waals surface area contributed by atoms with Gasteiger partial charge in [0.1, 0.15) is 23.7 Å². The van der Waals surface area contributed by atoms with Crippen molar-refractivity contribution in [2.24, 2.45) is 0 Å². The Hall–Kier alpha value is -4.35. The number of benzene rings is 2. The van der Waals surface area contributed by atoms with Crippen molar-refractivity contribution in [1.82, 2.24) is 35.6 Å². The maximum atomic E-state index is 14.7. The summed E-state index contributed by atoms with van der Waals surface area (Å²) in [6.07, 6.45) is -0.672. The van der Waals surface area contributed by atoms with Gasteiger partial charge in [-0.3, -0.25) is 5.32 Å². The van der Waals surface area contributed by atoms with Crippen molar-refractivity contribution in [2.75, 3.05) is 10.2 Å². The Kier molecular flexibility index (Phi) is 4.71. The fourth-order valence-corrected chi connectivity index (χ4v) is 3.19. The summed E-state index contributed by atoms with van der Waals surface area (Å²) in [5.74, 6) is -0.128. The van der Waals surface area contributed by atoms with Gasteiger partial charge in [-0.05, 0) is 29.0 Å². The van der Waals surface area contributed by atoms with Crippen molar-refractivity contribution in [2.45, 2.75) is 19.7 Å². The number of halogens is 1. The molecule has 4 aromatic rings. The fourth-order valence-electron chi connectivity index (χ4n) is 3.19. The predicted molar refractivity (Wildman–Crippen MR) is 106 cm³/mol. The summed E-state index contributed by atoms with van der Waals surface area (Å²) in [5.41, 5.74) is 2.70. The smallest absolute Gasteiger partial charge is 0.411 e. The van der Waals surface area contributed by atoms with E-state index >= 15 is 0 Å². The number of tetrazole rings is 1. The van der Waals surface area contributed by atoms with Crippen LogP contribution < -0.4 is 10.2 Å². The number of hydrogen-bond donors (Lipinski definition) is 2. The quantitative estimate of drug-likeness (QED) is 0.502. The average Bonchev–Trinajstić information content (AvgIpc) is 3.49. The van der Waals surface area contributed by atoms with Crippen LogP contribution in [0.1, 0.15) is 17.0 Å². The number of fused-ring (bicyclic) bond motifs is 1. The molecule has 5 rings (SSSR count). The second-order valence-corrected chi connectivity index (χ2v) is 6.80. The maximum absolute atomic E-state index is 14.7. The zero-order valence-corrected chi connectivity index (χ0v) is 16.1. The van der Waals surface area contributed by atoms with Gasteiger partial charge in [-0.1, -0.05) is 35.4 Å². The van der Waals surface area contributed by atoms with Gasteiger partial charge >= 0.3 is 6.09 Å². The van der Waals surface area contributed by atoms with Crippen molar-refractivity contribution in [1.29, 1.82) is 0 Å². The molecule has 0 fully saturated rings. The Balaban J connectivity index is 1.23. The normalized spacial score (nSPS) is 12.6.